The van der Waals surface area contributed by atoms with Crippen LogP contribution in [0.1, 0.15) is 37.5 Å². The number of hydrogen-bond acceptors (Lipinski definition) is 4. The molecular formula is C23H31F2N3O3. The highest BCUT2D eigenvalue weighted by molar-refractivity contribution is 5.79. The minimum absolute atomic E-state index is 0.0279. The molecule has 0 fully saturated rings. The number of ether oxygens (including phenoxy) is 3. The average Bonchev–Trinajstić information content (AvgIpc) is 2.74. The molecule has 0 aliphatic heterocycles. The monoisotopic (exact) mass is 435 g/mol. The fourth-order valence-corrected chi connectivity index (χ4v) is 2.87. The lowest BCUT2D eigenvalue weighted by Crippen LogP contribution is -2.36. The van der Waals surface area contributed by atoms with Crippen LogP contribution in [0.2, 0.25) is 0 Å². The molecule has 31 heavy (non-hydrogen) atoms. The molecule has 2 N–H and O–H groups in total. The minimum atomic E-state index is -2.94. The number of nitrogens with zero attached hydrogens (tertiary/aromatic N) is 1. The molecule has 2 aromatic carbocycles. The fourth-order valence-electron chi connectivity index (χ4n) is 2.87. The summed E-state index contributed by atoms with van der Waals surface area (Å²) < 4.78 is 41.5. The van der Waals surface area contributed by atoms with Gasteiger partial charge in [0.25, 0.3) is 0 Å². The van der Waals surface area contributed by atoms with Gasteiger partial charge in [-0.2, -0.15) is 8.78 Å². The van der Waals surface area contributed by atoms with Crippen molar-refractivity contribution in [2.24, 2.45) is 4.99 Å². The Bertz CT molecular complexity index is 845. The molecular weight excluding hydrogens is 404 g/mol. The van der Waals surface area contributed by atoms with Crippen LogP contribution in [0.15, 0.2) is 47.5 Å². The van der Waals surface area contributed by atoms with Gasteiger partial charge in [0.05, 0.1) is 19.3 Å². The molecule has 0 radical (unpaired) electrons. The van der Waals surface area contributed by atoms with Crippen LogP contribution >= 0.6 is 0 Å². The third-order valence-electron chi connectivity index (χ3n) is 4.27. The summed E-state index contributed by atoms with van der Waals surface area (Å²) in [6.07, 6.45) is 0.171. The summed E-state index contributed by atoms with van der Waals surface area (Å²) in [5.41, 5.74) is 2.72. The topological polar surface area (TPSA) is 64.1 Å². The first-order valence-corrected chi connectivity index (χ1v) is 10.3. The standard InChI is InChI=1S/C23H31F2N3O3/c1-5-29-20-11-7-10-19(21(20)31-22(24)25)14-28-23(26-4)27-13-17-8-6-9-18(12-17)15-30-16(2)3/h6-12,16,22H,5,13-15H2,1-4H3,(H2,26,27,28). The number of halogens is 2. The molecule has 0 unspecified atom stereocenters. The fraction of sp³-hybridized carbons (Fsp3) is 0.435. The Kier molecular flexibility index (Phi) is 10.0. The number of aliphatic imine (C=N–C) groups is 1. The van der Waals surface area contributed by atoms with Crippen molar-refractivity contribution in [3.8, 4) is 11.5 Å². The molecule has 2 aromatic rings. The summed E-state index contributed by atoms with van der Waals surface area (Å²) in [6.45, 7) is 4.55. The van der Waals surface area contributed by atoms with E-state index in [2.05, 4.69) is 21.7 Å². The molecule has 0 aliphatic rings. The van der Waals surface area contributed by atoms with E-state index in [-0.39, 0.29) is 24.1 Å². The van der Waals surface area contributed by atoms with E-state index in [9.17, 15) is 8.78 Å². The van der Waals surface area contributed by atoms with Crippen LogP contribution < -0.4 is 20.1 Å². The van der Waals surface area contributed by atoms with E-state index >= 15 is 0 Å². The van der Waals surface area contributed by atoms with Crippen molar-refractivity contribution in [2.75, 3.05) is 13.7 Å². The van der Waals surface area contributed by atoms with Gasteiger partial charge in [-0.15, -0.1) is 0 Å². The third kappa shape index (κ3) is 8.41. The van der Waals surface area contributed by atoms with Crippen molar-refractivity contribution in [3.05, 3.63) is 59.2 Å². The Morgan fingerprint density at radius 1 is 1.03 bits per heavy atom. The van der Waals surface area contributed by atoms with Crippen molar-refractivity contribution in [1.29, 1.82) is 0 Å². The van der Waals surface area contributed by atoms with Gasteiger partial charge in [0, 0.05) is 25.7 Å². The van der Waals surface area contributed by atoms with Gasteiger partial charge >= 0.3 is 6.61 Å². The normalized spacial score (nSPS) is 11.7. The van der Waals surface area contributed by atoms with E-state index in [0.717, 1.165) is 11.1 Å². The molecule has 0 amide bonds. The zero-order valence-corrected chi connectivity index (χ0v) is 18.5. The summed E-state index contributed by atoms with van der Waals surface area (Å²) >= 11 is 0. The van der Waals surface area contributed by atoms with Gasteiger partial charge in [-0.3, -0.25) is 4.99 Å². The van der Waals surface area contributed by atoms with Crippen molar-refractivity contribution in [2.45, 2.75) is 53.2 Å². The first kappa shape index (κ1) is 24.4. The molecule has 0 saturated carbocycles. The number of alkyl halides is 2. The number of rotatable bonds is 11. The van der Waals surface area contributed by atoms with Crippen LogP contribution in [0.25, 0.3) is 0 Å². The second kappa shape index (κ2) is 12.7. The van der Waals surface area contributed by atoms with Crippen LogP contribution in [0.4, 0.5) is 8.78 Å². The Balaban J connectivity index is 1.99. The lowest BCUT2D eigenvalue weighted by atomic mass is 10.1. The molecule has 0 aliphatic carbocycles. The quantitative estimate of drug-likeness (QED) is 0.403. The molecule has 0 heterocycles. The Hall–Kier alpha value is -2.87. The maximum atomic E-state index is 12.9. The summed E-state index contributed by atoms with van der Waals surface area (Å²) in [6, 6.07) is 13.1. The molecule has 6 nitrogen and oxygen atoms in total. The smallest absolute Gasteiger partial charge is 0.387 e. The predicted molar refractivity (Wildman–Crippen MR) is 118 cm³/mol. The van der Waals surface area contributed by atoms with E-state index in [1.165, 1.54) is 0 Å². The zero-order valence-electron chi connectivity index (χ0n) is 18.5. The van der Waals surface area contributed by atoms with E-state index in [0.29, 0.717) is 31.3 Å². The number of para-hydroxylation sites is 1. The van der Waals surface area contributed by atoms with Crippen LogP contribution in [0.3, 0.4) is 0 Å². The molecule has 0 atom stereocenters. The number of hydrogen-bond donors (Lipinski definition) is 2. The highest BCUT2D eigenvalue weighted by Crippen LogP contribution is 2.32. The van der Waals surface area contributed by atoms with Crippen molar-refractivity contribution < 1.29 is 23.0 Å². The minimum Gasteiger partial charge on any atom is -0.490 e. The van der Waals surface area contributed by atoms with Gasteiger partial charge < -0.3 is 24.8 Å². The number of guanidine groups is 1. The zero-order chi connectivity index (χ0) is 22.6. The molecule has 0 bridgehead atoms. The Morgan fingerprint density at radius 3 is 2.42 bits per heavy atom. The highest BCUT2D eigenvalue weighted by Gasteiger charge is 2.16. The number of nitrogens with one attached hydrogen (secondary N) is 2. The number of benzene rings is 2. The summed E-state index contributed by atoms with van der Waals surface area (Å²) in [4.78, 5) is 4.20. The molecule has 0 spiro atoms. The van der Waals surface area contributed by atoms with Crippen molar-refractivity contribution in [1.82, 2.24) is 10.6 Å². The second-order valence-electron chi connectivity index (χ2n) is 7.01. The van der Waals surface area contributed by atoms with Gasteiger partial charge in [-0.05, 0) is 38.0 Å². The maximum Gasteiger partial charge on any atom is 0.387 e. The summed E-state index contributed by atoms with van der Waals surface area (Å²) in [5.74, 6) is 0.847. The molecule has 170 valence electrons. The maximum absolute atomic E-state index is 12.9. The van der Waals surface area contributed by atoms with E-state index in [4.69, 9.17) is 14.2 Å². The van der Waals surface area contributed by atoms with E-state index in [1.807, 2.05) is 32.0 Å². The Morgan fingerprint density at radius 2 is 1.74 bits per heavy atom. The average molecular weight is 436 g/mol. The third-order valence-corrected chi connectivity index (χ3v) is 4.27. The van der Waals surface area contributed by atoms with Gasteiger partial charge in [-0.1, -0.05) is 36.4 Å². The molecule has 8 heteroatoms. The van der Waals surface area contributed by atoms with Gasteiger partial charge in [0.15, 0.2) is 17.5 Å². The first-order valence-electron chi connectivity index (χ1n) is 10.3. The first-order chi connectivity index (χ1) is 14.9. The summed E-state index contributed by atoms with van der Waals surface area (Å²) in [7, 11) is 1.65. The van der Waals surface area contributed by atoms with Crippen LogP contribution in [-0.2, 0) is 24.4 Å². The molecule has 2 rings (SSSR count). The van der Waals surface area contributed by atoms with Crippen LogP contribution in [0, 0.1) is 0 Å². The van der Waals surface area contributed by atoms with Crippen molar-refractivity contribution in [3.63, 3.8) is 0 Å². The van der Waals surface area contributed by atoms with Crippen LogP contribution in [0.5, 0.6) is 11.5 Å². The SMILES string of the molecule is CCOc1cccc(CNC(=NC)NCc2cccc(COC(C)C)c2)c1OC(F)F. The van der Waals surface area contributed by atoms with E-state index < -0.39 is 6.61 Å². The van der Waals surface area contributed by atoms with Gasteiger partial charge in [0.1, 0.15) is 0 Å². The molecule has 0 aromatic heterocycles. The lowest BCUT2D eigenvalue weighted by molar-refractivity contribution is -0.0520. The Labute approximate surface area is 182 Å². The summed E-state index contributed by atoms with van der Waals surface area (Å²) in [5, 5.41) is 6.35. The van der Waals surface area contributed by atoms with Crippen molar-refractivity contribution >= 4 is 5.96 Å². The highest BCUT2D eigenvalue weighted by atomic mass is 19.3. The lowest BCUT2D eigenvalue weighted by Gasteiger charge is -2.17. The van der Waals surface area contributed by atoms with Crippen LogP contribution in [-0.4, -0.2) is 32.3 Å². The largest absolute Gasteiger partial charge is 0.490 e. The molecule has 0 saturated heterocycles. The van der Waals surface area contributed by atoms with E-state index in [1.54, 1.807) is 32.2 Å². The predicted octanol–water partition coefficient (Wildman–Crippen LogP) is 4.48. The van der Waals surface area contributed by atoms with Gasteiger partial charge in [-0.25, -0.2) is 0 Å². The second-order valence-corrected chi connectivity index (χ2v) is 7.01. The van der Waals surface area contributed by atoms with Gasteiger partial charge in [0.2, 0.25) is 0 Å².